The van der Waals surface area contributed by atoms with Crippen molar-refractivity contribution in [1.29, 1.82) is 0 Å². The van der Waals surface area contributed by atoms with Crippen LogP contribution in [0.3, 0.4) is 0 Å². The Morgan fingerprint density at radius 1 is 1.50 bits per heavy atom. The molecule has 2 unspecified atom stereocenters. The van der Waals surface area contributed by atoms with Crippen molar-refractivity contribution in [2.75, 3.05) is 0 Å². The number of aromatic nitrogens is 3. The van der Waals surface area contributed by atoms with Crippen LogP contribution in [-0.4, -0.2) is 26.3 Å². The third kappa shape index (κ3) is 2.52. The summed E-state index contributed by atoms with van der Waals surface area (Å²) in [7, 11) is 0. The van der Waals surface area contributed by atoms with E-state index in [-0.39, 0.29) is 5.92 Å². The van der Waals surface area contributed by atoms with Gasteiger partial charge in [0.15, 0.2) is 0 Å². The minimum atomic E-state index is -0.502. The van der Waals surface area contributed by atoms with Crippen LogP contribution < -0.4 is 0 Å². The molecule has 2 heterocycles. The second-order valence-corrected chi connectivity index (χ2v) is 4.46. The van der Waals surface area contributed by atoms with Crippen LogP contribution >= 0.6 is 11.6 Å². The first-order valence-electron chi connectivity index (χ1n) is 5.76. The zero-order chi connectivity index (χ0) is 13.1. The van der Waals surface area contributed by atoms with Crippen molar-refractivity contribution in [3.05, 3.63) is 29.2 Å². The van der Waals surface area contributed by atoms with Crippen molar-refractivity contribution in [3.8, 4) is 11.5 Å². The summed E-state index contributed by atoms with van der Waals surface area (Å²) in [4.78, 5) is 8.33. The maximum atomic E-state index is 9.74. The Labute approximate surface area is 110 Å². The first-order valence-corrected chi connectivity index (χ1v) is 6.13. The first-order chi connectivity index (χ1) is 8.63. The van der Waals surface area contributed by atoms with Crippen molar-refractivity contribution in [2.24, 2.45) is 0 Å². The maximum Gasteiger partial charge on any atom is 0.232 e. The number of hydrogen-bond acceptors (Lipinski definition) is 5. The molecule has 0 saturated carbocycles. The summed E-state index contributed by atoms with van der Waals surface area (Å²) in [6, 6.07) is 3.44. The van der Waals surface area contributed by atoms with Gasteiger partial charge in [0.25, 0.3) is 0 Å². The molecule has 5 nitrogen and oxygen atoms in total. The lowest BCUT2D eigenvalue weighted by molar-refractivity contribution is 0.129. The van der Waals surface area contributed by atoms with Crippen LogP contribution in [0.2, 0.25) is 5.02 Å². The van der Waals surface area contributed by atoms with Gasteiger partial charge in [-0.3, -0.25) is 4.98 Å². The third-order valence-electron chi connectivity index (χ3n) is 2.80. The van der Waals surface area contributed by atoms with Crippen molar-refractivity contribution in [1.82, 2.24) is 15.1 Å². The molecule has 0 spiro atoms. The van der Waals surface area contributed by atoms with E-state index in [1.807, 2.05) is 13.8 Å². The molecule has 2 aromatic heterocycles. The fraction of sp³-hybridized carbons (Fsp3) is 0.417. The molecule has 0 aliphatic rings. The maximum absolute atomic E-state index is 9.74. The number of pyridine rings is 1. The Morgan fingerprint density at radius 3 is 2.94 bits per heavy atom. The van der Waals surface area contributed by atoms with E-state index >= 15 is 0 Å². The fourth-order valence-corrected chi connectivity index (χ4v) is 1.79. The minimum Gasteiger partial charge on any atom is -0.392 e. The van der Waals surface area contributed by atoms with Crippen LogP contribution in [0.25, 0.3) is 11.5 Å². The minimum absolute atomic E-state index is 0.210. The average molecular weight is 268 g/mol. The van der Waals surface area contributed by atoms with Gasteiger partial charge >= 0.3 is 0 Å². The summed E-state index contributed by atoms with van der Waals surface area (Å²) >= 11 is 6.00. The topological polar surface area (TPSA) is 72.0 Å². The lowest BCUT2D eigenvalue weighted by atomic mass is 10.0. The molecule has 2 rings (SSSR count). The van der Waals surface area contributed by atoms with Gasteiger partial charge in [0.05, 0.1) is 17.0 Å². The van der Waals surface area contributed by atoms with Crippen LogP contribution in [0.5, 0.6) is 0 Å². The Kier molecular flexibility index (Phi) is 3.93. The second kappa shape index (κ2) is 5.46. The first kappa shape index (κ1) is 13.0. The van der Waals surface area contributed by atoms with Crippen LogP contribution in [0.4, 0.5) is 0 Å². The summed E-state index contributed by atoms with van der Waals surface area (Å²) in [5, 5.41) is 14.1. The van der Waals surface area contributed by atoms with E-state index in [9.17, 15) is 5.11 Å². The summed E-state index contributed by atoms with van der Waals surface area (Å²) in [5.41, 5.74) is 0.479. The SMILES string of the molecule is CCC(O)C(C)c1nc(-c2ncccc2Cl)no1. The van der Waals surface area contributed by atoms with Gasteiger partial charge in [-0.25, -0.2) is 0 Å². The molecule has 1 N–H and O–H groups in total. The van der Waals surface area contributed by atoms with E-state index in [0.29, 0.717) is 28.9 Å². The van der Waals surface area contributed by atoms with Crippen LogP contribution in [-0.2, 0) is 0 Å². The standard InChI is InChI=1S/C12H14ClN3O2/c1-3-9(17)7(2)12-15-11(16-18-12)10-8(13)5-4-6-14-10/h4-7,9,17H,3H2,1-2H3. The Hall–Kier alpha value is -1.46. The van der Waals surface area contributed by atoms with Crippen LogP contribution in [0.1, 0.15) is 32.1 Å². The molecule has 0 fully saturated rings. The molecule has 0 saturated heterocycles. The molecule has 0 aromatic carbocycles. The van der Waals surface area contributed by atoms with Gasteiger partial charge in [0.2, 0.25) is 11.7 Å². The van der Waals surface area contributed by atoms with Gasteiger partial charge in [-0.15, -0.1) is 0 Å². The highest BCUT2D eigenvalue weighted by molar-refractivity contribution is 6.32. The second-order valence-electron chi connectivity index (χ2n) is 4.05. The van der Waals surface area contributed by atoms with Gasteiger partial charge in [-0.1, -0.05) is 30.6 Å². The predicted molar refractivity (Wildman–Crippen MR) is 67.3 cm³/mol. The molecule has 96 valence electrons. The largest absolute Gasteiger partial charge is 0.392 e. The summed E-state index contributed by atoms with van der Waals surface area (Å²) < 4.78 is 5.14. The smallest absolute Gasteiger partial charge is 0.232 e. The van der Waals surface area contributed by atoms with Gasteiger partial charge in [-0.05, 0) is 18.6 Å². The molecule has 0 bridgehead atoms. The number of hydrogen-bond donors (Lipinski definition) is 1. The molecular weight excluding hydrogens is 254 g/mol. The van der Waals surface area contributed by atoms with E-state index in [0.717, 1.165) is 0 Å². The van der Waals surface area contributed by atoms with E-state index in [1.54, 1.807) is 18.3 Å². The monoisotopic (exact) mass is 267 g/mol. The highest BCUT2D eigenvalue weighted by Crippen LogP contribution is 2.25. The number of aliphatic hydroxyl groups excluding tert-OH is 1. The van der Waals surface area contributed by atoms with Crippen molar-refractivity contribution in [2.45, 2.75) is 32.3 Å². The molecule has 2 aromatic rings. The van der Waals surface area contributed by atoms with Crippen LogP contribution in [0, 0.1) is 0 Å². The molecule has 0 amide bonds. The van der Waals surface area contributed by atoms with E-state index in [2.05, 4.69) is 15.1 Å². The fourth-order valence-electron chi connectivity index (χ4n) is 1.58. The van der Waals surface area contributed by atoms with Gasteiger partial charge in [-0.2, -0.15) is 4.98 Å². The average Bonchev–Trinajstić information content (AvgIpc) is 2.87. The highest BCUT2D eigenvalue weighted by atomic mass is 35.5. The van der Waals surface area contributed by atoms with E-state index < -0.39 is 6.10 Å². The quantitative estimate of drug-likeness (QED) is 0.922. The summed E-state index contributed by atoms with van der Waals surface area (Å²) in [5.74, 6) is 0.519. The Bertz CT molecular complexity index is 530. The number of aliphatic hydroxyl groups is 1. The predicted octanol–water partition coefficient (Wildman–Crippen LogP) is 2.66. The molecule has 2 atom stereocenters. The van der Waals surface area contributed by atoms with Crippen LogP contribution in [0.15, 0.2) is 22.9 Å². The van der Waals surface area contributed by atoms with E-state index in [1.165, 1.54) is 0 Å². The van der Waals surface area contributed by atoms with Gasteiger partial charge in [0, 0.05) is 6.20 Å². The number of halogens is 1. The number of rotatable bonds is 4. The third-order valence-corrected chi connectivity index (χ3v) is 3.10. The van der Waals surface area contributed by atoms with E-state index in [4.69, 9.17) is 16.1 Å². The molecular formula is C12H14ClN3O2. The van der Waals surface area contributed by atoms with Crippen molar-refractivity contribution < 1.29 is 9.63 Å². The molecule has 6 heteroatoms. The Morgan fingerprint density at radius 2 is 2.28 bits per heavy atom. The molecule has 0 radical (unpaired) electrons. The normalized spacial score (nSPS) is 14.4. The molecule has 18 heavy (non-hydrogen) atoms. The van der Waals surface area contributed by atoms with Crippen molar-refractivity contribution >= 4 is 11.6 Å². The summed E-state index contributed by atoms with van der Waals surface area (Å²) in [6.07, 6.45) is 1.74. The van der Waals surface area contributed by atoms with Crippen molar-refractivity contribution in [3.63, 3.8) is 0 Å². The summed E-state index contributed by atoms with van der Waals surface area (Å²) in [6.45, 7) is 3.74. The van der Waals surface area contributed by atoms with Gasteiger partial charge < -0.3 is 9.63 Å². The lowest BCUT2D eigenvalue weighted by Crippen LogP contribution is -2.14. The highest BCUT2D eigenvalue weighted by Gasteiger charge is 2.22. The zero-order valence-electron chi connectivity index (χ0n) is 10.2. The lowest BCUT2D eigenvalue weighted by Gasteiger charge is -2.11. The molecule has 0 aliphatic carbocycles. The zero-order valence-corrected chi connectivity index (χ0v) is 10.9. The van der Waals surface area contributed by atoms with Gasteiger partial charge in [0.1, 0.15) is 5.69 Å². The number of nitrogens with zero attached hydrogens (tertiary/aromatic N) is 3. The molecule has 0 aliphatic heterocycles. The Balaban J connectivity index is 2.29.